The Hall–Kier alpha value is -3.92. The minimum absolute atomic E-state index is 0.245. The Morgan fingerprint density at radius 2 is 1.97 bits per heavy atom. The van der Waals surface area contributed by atoms with Gasteiger partial charge in [0.1, 0.15) is 11.6 Å². The molecule has 1 aromatic carbocycles. The van der Waals surface area contributed by atoms with Crippen molar-refractivity contribution >= 4 is 29.2 Å². The molecule has 3 heterocycles. The summed E-state index contributed by atoms with van der Waals surface area (Å²) >= 11 is 0. The summed E-state index contributed by atoms with van der Waals surface area (Å²) in [5.74, 6) is -0.821. The van der Waals surface area contributed by atoms with Gasteiger partial charge in [-0.15, -0.1) is 0 Å². The lowest BCUT2D eigenvalue weighted by Crippen LogP contribution is -2.35. The highest BCUT2D eigenvalue weighted by molar-refractivity contribution is 6.34. The van der Waals surface area contributed by atoms with Gasteiger partial charge in [-0.25, -0.2) is 9.18 Å². The van der Waals surface area contributed by atoms with E-state index in [0.29, 0.717) is 77.0 Å². The molecular weight excluding hydrogens is 455 g/mol. The van der Waals surface area contributed by atoms with Gasteiger partial charge >= 0.3 is 5.82 Å². The maximum absolute atomic E-state index is 13.7. The minimum atomic E-state index is -0.727. The van der Waals surface area contributed by atoms with Crippen LogP contribution in [0.1, 0.15) is 51.3 Å². The van der Waals surface area contributed by atoms with Crippen LogP contribution in [0.5, 0.6) is 0 Å². The zero-order valence-electron chi connectivity index (χ0n) is 20.0. The Labute approximate surface area is 201 Å². The number of amides is 2. The van der Waals surface area contributed by atoms with Crippen molar-refractivity contribution in [3.05, 3.63) is 74.2 Å². The van der Waals surface area contributed by atoms with Crippen molar-refractivity contribution in [2.45, 2.75) is 34.2 Å². The molecule has 9 nitrogen and oxygen atoms in total. The number of halogens is 1. The van der Waals surface area contributed by atoms with Gasteiger partial charge in [-0.05, 0) is 57.2 Å². The predicted octanol–water partition coefficient (Wildman–Crippen LogP) is 3.37. The second-order valence-corrected chi connectivity index (χ2v) is 8.42. The summed E-state index contributed by atoms with van der Waals surface area (Å²) in [6, 6.07) is 4.13. The Bertz CT molecular complexity index is 1380. The van der Waals surface area contributed by atoms with Crippen LogP contribution in [0.25, 0.3) is 11.6 Å². The van der Waals surface area contributed by atoms with Gasteiger partial charge in [0, 0.05) is 35.7 Å². The van der Waals surface area contributed by atoms with Crippen LogP contribution < -0.4 is 16.5 Å². The summed E-state index contributed by atoms with van der Waals surface area (Å²) in [5.41, 5.74) is 3.81. The van der Waals surface area contributed by atoms with Crippen molar-refractivity contribution in [3.63, 3.8) is 0 Å². The molecule has 0 fully saturated rings. The number of hydrogen-bond donors (Lipinski definition) is 3. The van der Waals surface area contributed by atoms with Gasteiger partial charge in [-0.3, -0.25) is 14.5 Å². The van der Waals surface area contributed by atoms with Gasteiger partial charge in [-0.1, -0.05) is 6.92 Å². The van der Waals surface area contributed by atoms with Crippen LogP contribution >= 0.6 is 0 Å². The Morgan fingerprint density at radius 3 is 2.66 bits per heavy atom. The number of anilines is 1. The molecule has 0 atom stereocenters. The highest BCUT2D eigenvalue weighted by atomic mass is 19.1. The molecule has 1 aliphatic rings. The first kappa shape index (κ1) is 24.2. The number of aryl methyl sites for hydroxylation is 2. The smallest absolute Gasteiger partial charge is 0.396 e. The molecule has 35 heavy (non-hydrogen) atoms. The summed E-state index contributed by atoms with van der Waals surface area (Å²) in [5, 5.41) is 5.65. The number of carbonyl (C=O) groups is 2. The molecule has 0 unspecified atom stereocenters. The minimum Gasteiger partial charge on any atom is -0.396 e. The van der Waals surface area contributed by atoms with Crippen molar-refractivity contribution < 1.29 is 22.8 Å². The van der Waals surface area contributed by atoms with Gasteiger partial charge < -0.3 is 24.5 Å². The third-order valence-electron chi connectivity index (χ3n) is 6.12. The van der Waals surface area contributed by atoms with Gasteiger partial charge in [-0.2, -0.15) is 0 Å². The number of rotatable bonds is 8. The van der Waals surface area contributed by atoms with Crippen molar-refractivity contribution in [1.29, 1.82) is 0 Å². The molecule has 1 aliphatic heterocycles. The highest BCUT2D eigenvalue weighted by Crippen LogP contribution is 2.34. The Kier molecular flexibility index (Phi) is 6.74. The maximum atomic E-state index is 13.7. The van der Waals surface area contributed by atoms with Crippen LogP contribution in [0.4, 0.5) is 10.1 Å². The number of aromatic amines is 1. The van der Waals surface area contributed by atoms with E-state index in [0.717, 1.165) is 0 Å². The molecule has 2 amide bonds. The average Bonchev–Trinajstić information content (AvgIpc) is 3.39. The van der Waals surface area contributed by atoms with E-state index in [4.69, 9.17) is 8.83 Å². The van der Waals surface area contributed by atoms with Crippen LogP contribution in [0.3, 0.4) is 0 Å². The standard InChI is InChI=1S/C25H27FN4O5/c1-5-30(12-21-15(4)34-25(33)35-21)9-8-27-24(32)22-13(2)20(28-14(22)3)11-18-17-10-16(26)6-7-19(17)29-23(18)31/h6-7,10-11,28H,5,8-9,12H2,1-4H3,(H,27,32)(H,29,31)/b18-11-. The maximum Gasteiger partial charge on any atom is 0.519 e. The van der Waals surface area contributed by atoms with Gasteiger partial charge in [0.25, 0.3) is 11.8 Å². The highest BCUT2D eigenvalue weighted by Gasteiger charge is 2.26. The number of H-pyrrole nitrogens is 1. The molecule has 10 heteroatoms. The van der Waals surface area contributed by atoms with Crippen LogP contribution in [-0.4, -0.2) is 41.3 Å². The Balaban J connectivity index is 1.45. The number of hydrogen-bond acceptors (Lipinski definition) is 6. The van der Waals surface area contributed by atoms with E-state index in [1.54, 1.807) is 26.8 Å². The number of nitrogens with one attached hydrogen (secondary N) is 3. The van der Waals surface area contributed by atoms with Gasteiger partial charge in [0.05, 0.1) is 17.7 Å². The molecule has 184 valence electrons. The molecule has 0 spiro atoms. The summed E-state index contributed by atoms with van der Waals surface area (Å²) in [6.45, 7) is 9.23. The average molecular weight is 483 g/mol. The lowest BCUT2D eigenvalue weighted by molar-refractivity contribution is -0.110. The summed E-state index contributed by atoms with van der Waals surface area (Å²) in [7, 11) is 0. The number of fused-ring (bicyclic) bond motifs is 1. The Morgan fingerprint density at radius 1 is 1.20 bits per heavy atom. The van der Waals surface area contributed by atoms with Crippen molar-refractivity contribution in [1.82, 2.24) is 15.2 Å². The van der Waals surface area contributed by atoms with Crippen molar-refractivity contribution in [2.24, 2.45) is 0 Å². The van der Waals surface area contributed by atoms with Crippen LogP contribution in [0.2, 0.25) is 0 Å². The van der Waals surface area contributed by atoms with E-state index in [1.165, 1.54) is 18.2 Å². The van der Waals surface area contributed by atoms with E-state index in [9.17, 15) is 18.8 Å². The quantitative estimate of drug-likeness (QED) is 0.424. The molecule has 2 aromatic heterocycles. The van der Waals surface area contributed by atoms with E-state index in [-0.39, 0.29) is 11.8 Å². The number of nitrogens with zero attached hydrogens (tertiary/aromatic N) is 1. The lowest BCUT2D eigenvalue weighted by Gasteiger charge is -2.19. The number of carbonyl (C=O) groups excluding carboxylic acids is 2. The van der Waals surface area contributed by atoms with E-state index in [1.807, 2.05) is 11.8 Å². The predicted molar refractivity (Wildman–Crippen MR) is 128 cm³/mol. The normalized spacial score (nSPS) is 14.0. The molecule has 0 saturated heterocycles. The van der Waals surface area contributed by atoms with Gasteiger partial charge in [0.2, 0.25) is 0 Å². The number of aromatic nitrogens is 1. The molecule has 0 aliphatic carbocycles. The molecule has 0 bridgehead atoms. The molecule has 0 saturated carbocycles. The first-order valence-electron chi connectivity index (χ1n) is 11.3. The van der Waals surface area contributed by atoms with Crippen molar-refractivity contribution in [2.75, 3.05) is 25.0 Å². The zero-order chi connectivity index (χ0) is 25.3. The summed E-state index contributed by atoms with van der Waals surface area (Å²) in [4.78, 5) is 41.8. The van der Waals surface area contributed by atoms with E-state index >= 15 is 0 Å². The molecule has 0 radical (unpaired) electrons. The number of likely N-dealkylation sites (N-methyl/N-ethyl adjacent to an activating group) is 1. The molecule has 3 aromatic rings. The van der Waals surface area contributed by atoms with E-state index < -0.39 is 11.6 Å². The molecular formula is C25H27FN4O5. The summed E-state index contributed by atoms with van der Waals surface area (Å²) < 4.78 is 23.7. The van der Waals surface area contributed by atoms with Crippen LogP contribution in [0, 0.1) is 26.6 Å². The molecule has 4 rings (SSSR count). The fourth-order valence-electron chi connectivity index (χ4n) is 4.19. The second-order valence-electron chi connectivity index (χ2n) is 8.42. The van der Waals surface area contributed by atoms with Crippen LogP contribution in [-0.2, 0) is 11.3 Å². The third-order valence-corrected chi connectivity index (χ3v) is 6.12. The zero-order valence-corrected chi connectivity index (χ0v) is 20.0. The third kappa shape index (κ3) is 4.97. The van der Waals surface area contributed by atoms with Crippen LogP contribution in [0.15, 0.2) is 31.8 Å². The topological polar surface area (TPSA) is 121 Å². The lowest BCUT2D eigenvalue weighted by atomic mass is 10.0. The molecule has 3 N–H and O–H groups in total. The first-order valence-corrected chi connectivity index (χ1v) is 11.3. The summed E-state index contributed by atoms with van der Waals surface area (Å²) in [6.07, 6.45) is 1.64. The SMILES string of the molecule is CCN(CCNC(=O)c1c(C)[nH]c(/C=C2\C(=O)Nc3ccc(F)cc32)c1C)Cc1oc(=O)oc1C. The first-order chi connectivity index (χ1) is 16.7. The largest absolute Gasteiger partial charge is 0.519 e. The van der Waals surface area contributed by atoms with Crippen molar-refractivity contribution in [3.8, 4) is 0 Å². The second kappa shape index (κ2) is 9.75. The number of benzene rings is 1. The van der Waals surface area contributed by atoms with E-state index in [2.05, 4.69) is 15.6 Å². The monoisotopic (exact) mass is 482 g/mol. The fraction of sp³-hybridized carbons (Fsp3) is 0.320. The fourth-order valence-corrected chi connectivity index (χ4v) is 4.19. The van der Waals surface area contributed by atoms with Gasteiger partial charge in [0.15, 0.2) is 5.76 Å².